The van der Waals surface area contributed by atoms with Crippen LogP contribution in [0.3, 0.4) is 0 Å². The Hall–Kier alpha value is -2.11. The molecule has 0 aromatic carbocycles. The first kappa shape index (κ1) is 13.3. The van der Waals surface area contributed by atoms with E-state index in [1.807, 2.05) is 12.1 Å². The van der Waals surface area contributed by atoms with E-state index < -0.39 is 0 Å². The number of aromatic nitrogens is 3. The van der Waals surface area contributed by atoms with Crippen LogP contribution in [0.25, 0.3) is 0 Å². The first-order valence-corrected chi connectivity index (χ1v) is 6.51. The van der Waals surface area contributed by atoms with Gasteiger partial charge in [0.25, 0.3) is 0 Å². The number of pyridine rings is 1. The Balaban J connectivity index is 1.82. The van der Waals surface area contributed by atoms with Crippen molar-refractivity contribution in [2.45, 2.75) is 26.7 Å². The van der Waals surface area contributed by atoms with E-state index in [2.05, 4.69) is 32.7 Å². The average molecular weight is 261 g/mol. The molecule has 0 saturated carbocycles. The van der Waals surface area contributed by atoms with Crippen molar-refractivity contribution in [1.29, 1.82) is 0 Å². The van der Waals surface area contributed by atoms with E-state index in [0.717, 1.165) is 43.3 Å². The number of rotatable bonds is 7. The fourth-order valence-corrected chi connectivity index (χ4v) is 1.65. The number of aryl methyl sites for hydroxylation is 1. The third-order valence-electron chi connectivity index (χ3n) is 2.56. The van der Waals surface area contributed by atoms with Gasteiger partial charge in [0.2, 0.25) is 5.89 Å². The zero-order valence-electron chi connectivity index (χ0n) is 11.3. The first-order valence-electron chi connectivity index (χ1n) is 6.51. The lowest BCUT2D eigenvalue weighted by Gasteiger charge is -2.07. The van der Waals surface area contributed by atoms with Crippen LogP contribution in [0.5, 0.6) is 0 Å². The van der Waals surface area contributed by atoms with Gasteiger partial charge in [0, 0.05) is 44.4 Å². The molecule has 0 aliphatic carbocycles. The van der Waals surface area contributed by atoms with E-state index in [-0.39, 0.29) is 0 Å². The molecule has 0 unspecified atom stereocenters. The molecule has 2 rings (SSSR count). The molecule has 0 aliphatic rings. The van der Waals surface area contributed by atoms with Crippen molar-refractivity contribution < 1.29 is 4.52 Å². The van der Waals surface area contributed by atoms with E-state index in [1.165, 1.54) is 0 Å². The van der Waals surface area contributed by atoms with Crippen molar-refractivity contribution in [2.24, 2.45) is 0 Å². The normalized spacial score (nSPS) is 10.4. The summed E-state index contributed by atoms with van der Waals surface area (Å²) >= 11 is 0. The molecule has 0 bridgehead atoms. The van der Waals surface area contributed by atoms with Crippen LogP contribution in [-0.4, -0.2) is 28.2 Å². The highest BCUT2D eigenvalue weighted by Gasteiger charge is 2.02. The molecular formula is C13H19N5O. The van der Waals surface area contributed by atoms with Gasteiger partial charge in [-0.2, -0.15) is 4.98 Å². The fourth-order valence-electron chi connectivity index (χ4n) is 1.65. The highest BCUT2D eigenvalue weighted by atomic mass is 16.5. The molecule has 2 N–H and O–H groups in total. The lowest BCUT2D eigenvalue weighted by molar-refractivity contribution is 0.387. The third kappa shape index (κ3) is 4.24. The standard InChI is InChI=1S/C13H19N5O/c1-3-6-15-13-9-11(4-7-16-13)14-8-5-12-17-10(2)19-18-12/h4,7,9H,3,5-6,8H2,1-2H3,(H2,14,15,16). The maximum absolute atomic E-state index is 4.92. The van der Waals surface area contributed by atoms with Crippen LogP contribution in [0.1, 0.15) is 25.1 Å². The molecule has 0 atom stereocenters. The molecule has 6 heteroatoms. The van der Waals surface area contributed by atoms with Gasteiger partial charge in [0.15, 0.2) is 5.82 Å². The van der Waals surface area contributed by atoms with Crippen LogP contribution in [-0.2, 0) is 6.42 Å². The topological polar surface area (TPSA) is 75.9 Å². The Bertz CT molecular complexity index is 511. The van der Waals surface area contributed by atoms with Gasteiger partial charge in [-0.25, -0.2) is 4.98 Å². The quantitative estimate of drug-likeness (QED) is 0.796. The third-order valence-corrected chi connectivity index (χ3v) is 2.56. The van der Waals surface area contributed by atoms with Crippen LogP contribution < -0.4 is 10.6 Å². The van der Waals surface area contributed by atoms with Crippen LogP contribution in [0.15, 0.2) is 22.9 Å². The minimum Gasteiger partial charge on any atom is -0.384 e. The van der Waals surface area contributed by atoms with Gasteiger partial charge in [0.1, 0.15) is 5.82 Å². The molecule has 2 aromatic heterocycles. The molecule has 0 radical (unpaired) electrons. The monoisotopic (exact) mass is 261 g/mol. The Morgan fingerprint density at radius 3 is 2.89 bits per heavy atom. The summed E-state index contributed by atoms with van der Waals surface area (Å²) in [6, 6.07) is 3.94. The highest BCUT2D eigenvalue weighted by Crippen LogP contribution is 2.11. The maximum Gasteiger partial charge on any atom is 0.223 e. The summed E-state index contributed by atoms with van der Waals surface area (Å²) in [4.78, 5) is 8.41. The first-order chi connectivity index (χ1) is 9.28. The van der Waals surface area contributed by atoms with Crippen molar-refractivity contribution in [3.05, 3.63) is 30.0 Å². The maximum atomic E-state index is 4.92. The second-order valence-electron chi connectivity index (χ2n) is 4.26. The fraction of sp³-hybridized carbons (Fsp3) is 0.462. The summed E-state index contributed by atoms with van der Waals surface area (Å²) in [5, 5.41) is 10.4. The number of nitrogens with one attached hydrogen (secondary N) is 2. The van der Waals surface area contributed by atoms with Gasteiger partial charge in [-0.3, -0.25) is 0 Å². The van der Waals surface area contributed by atoms with Gasteiger partial charge in [-0.15, -0.1) is 0 Å². The minimum absolute atomic E-state index is 0.602. The largest absolute Gasteiger partial charge is 0.384 e. The summed E-state index contributed by atoms with van der Waals surface area (Å²) in [5.74, 6) is 2.22. The van der Waals surface area contributed by atoms with Crippen molar-refractivity contribution in [3.8, 4) is 0 Å². The molecule has 2 aromatic rings. The molecule has 0 amide bonds. The number of hydrogen-bond donors (Lipinski definition) is 2. The molecule has 0 aliphatic heterocycles. The lowest BCUT2D eigenvalue weighted by Crippen LogP contribution is -2.07. The lowest BCUT2D eigenvalue weighted by atomic mass is 10.3. The Labute approximate surface area is 112 Å². The molecule has 2 heterocycles. The minimum atomic E-state index is 0.602. The van der Waals surface area contributed by atoms with E-state index >= 15 is 0 Å². The summed E-state index contributed by atoms with van der Waals surface area (Å²) in [6.07, 6.45) is 3.60. The SMILES string of the molecule is CCCNc1cc(NCCc2noc(C)n2)ccn1. The highest BCUT2D eigenvalue weighted by molar-refractivity contribution is 5.51. The number of nitrogens with zero attached hydrogens (tertiary/aromatic N) is 3. The molecule has 102 valence electrons. The summed E-state index contributed by atoms with van der Waals surface area (Å²) in [7, 11) is 0. The van der Waals surface area contributed by atoms with Gasteiger partial charge in [-0.1, -0.05) is 12.1 Å². The molecule has 0 saturated heterocycles. The predicted octanol–water partition coefficient (Wildman–Crippen LogP) is 2.25. The van der Waals surface area contributed by atoms with Crippen LogP contribution >= 0.6 is 0 Å². The Morgan fingerprint density at radius 2 is 2.16 bits per heavy atom. The molecule has 6 nitrogen and oxygen atoms in total. The van der Waals surface area contributed by atoms with Crippen molar-refractivity contribution >= 4 is 11.5 Å². The van der Waals surface area contributed by atoms with E-state index in [0.29, 0.717) is 5.89 Å². The van der Waals surface area contributed by atoms with Crippen LogP contribution in [0.4, 0.5) is 11.5 Å². The van der Waals surface area contributed by atoms with Crippen molar-refractivity contribution in [1.82, 2.24) is 15.1 Å². The Kier molecular flexibility index (Phi) is 4.72. The van der Waals surface area contributed by atoms with Gasteiger partial charge in [0.05, 0.1) is 0 Å². The number of anilines is 2. The van der Waals surface area contributed by atoms with Crippen molar-refractivity contribution in [3.63, 3.8) is 0 Å². The second-order valence-corrected chi connectivity index (χ2v) is 4.26. The summed E-state index contributed by atoms with van der Waals surface area (Å²) < 4.78 is 4.92. The molecular weight excluding hydrogens is 242 g/mol. The van der Waals surface area contributed by atoms with E-state index in [1.54, 1.807) is 13.1 Å². The molecule has 0 spiro atoms. The van der Waals surface area contributed by atoms with Crippen molar-refractivity contribution in [2.75, 3.05) is 23.7 Å². The summed E-state index contributed by atoms with van der Waals surface area (Å²) in [5.41, 5.74) is 1.04. The van der Waals surface area contributed by atoms with Gasteiger partial charge in [-0.05, 0) is 12.5 Å². The van der Waals surface area contributed by atoms with Crippen LogP contribution in [0.2, 0.25) is 0 Å². The zero-order chi connectivity index (χ0) is 13.5. The van der Waals surface area contributed by atoms with Gasteiger partial charge >= 0.3 is 0 Å². The van der Waals surface area contributed by atoms with E-state index in [4.69, 9.17) is 4.52 Å². The molecule has 0 fully saturated rings. The average Bonchev–Trinajstić information content (AvgIpc) is 2.83. The second kappa shape index (κ2) is 6.72. The number of hydrogen-bond acceptors (Lipinski definition) is 6. The smallest absolute Gasteiger partial charge is 0.223 e. The van der Waals surface area contributed by atoms with E-state index in [9.17, 15) is 0 Å². The zero-order valence-corrected chi connectivity index (χ0v) is 11.3. The predicted molar refractivity (Wildman–Crippen MR) is 74.2 cm³/mol. The van der Waals surface area contributed by atoms with Crippen LogP contribution in [0, 0.1) is 6.92 Å². The van der Waals surface area contributed by atoms with Gasteiger partial charge < -0.3 is 15.2 Å². The summed E-state index contributed by atoms with van der Waals surface area (Å²) in [6.45, 7) is 5.61. The molecule has 19 heavy (non-hydrogen) atoms. The Morgan fingerprint density at radius 1 is 1.26 bits per heavy atom.